The molecule has 0 aliphatic heterocycles. The Morgan fingerprint density at radius 1 is 0.941 bits per heavy atom. The fraction of sp³-hybridized carbons (Fsp3) is 0.455. The van der Waals surface area contributed by atoms with Crippen LogP contribution in [0.1, 0.15) is 13.3 Å². The number of nitrogens with one attached hydrogen (secondary N) is 1. The van der Waals surface area contributed by atoms with Gasteiger partial charge in [0.15, 0.2) is 23.3 Å². The minimum Gasteiger partial charge on any atom is -0.380 e. The molecule has 0 saturated heterocycles. The van der Waals surface area contributed by atoms with Crippen LogP contribution in [-0.2, 0) is 0 Å². The number of hydrogen-bond donors (Lipinski definition) is 1. The van der Waals surface area contributed by atoms with Crippen LogP contribution in [0.15, 0.2) is 0 Å². The van der Waals surface area contributed by atoms with Gasteiger partial charge in [0, 0.05) is 6.54 Å². The van der Waals surface area contributed by atoms with E-state index >= 15 is 0 Å². The van der Waals surface area contributed by atoms with Crippen LogP contribution in [0.2, 0.25) is 0 Å². The summed E-state index contributed by atoms with van der Waals surface area (Å²) in [6.45, 7) is 2.16. The van der Waals surface area contributed by atoms with Gasteiger partial charge in [-0.15, -0.1) is 0 Å². The molecule has 2 rings (SSSR count). The fourth-order valence-electron chi connectivity index (χ4n) is 1.68. The summed E-state index contributed by atoms with van der Waals surface area (Å²) in [5.41, 5.74) is -0.944. The second-order valence-electron chi connectivity index (χ2n) is 4.30. The molecular weight excluding hydrogens is 241 g/mol. The average Bonchev–Trinajstić information content (AvgIpc) is 3.00. The molecule has 2 atom stereocenters. The predicted molar refractivity (Wildman–Crippen MR) is 52.0 cm³/mol. The molecule has 6 heteroatoms. The second kappa shape index (κ2) is 4.16. The van der Waals surface area contributed by atoms with Crippen LogP contribution >= 0.6 is 0 Å². The molecule has 94 valence electrons. The number of rotatable bonds is 3. The quantitative estimate of drug-likeness (QED) is 0.493. The van der Waals surface area contributed by atoms with Crippen LogP contribution in [-0.4, -0.2) is 6.54 Å². The molecule has 1 aromatic rings. The maximum Gasteiger partial charge on any atom is 0.200 e. The van der Waals surface area contributed by atoms with Crippen molar-refractivity contribution in [2.75, 3.05) is 11.9 Å². The molecule has 1 saturated carbocycles. The molecule has 2 unspecified atom stereocenters. The van der Waals surface area contributed by atoms with Crippen molar-refractivity contribution in [2.45, 2.75) is 13.3 Å². The van der Waals surface area contributed by atoms with Gasteiger partial charge in [0.25, 0.3) is 0 Å². The number of benzene rings is 1. The molecule has 1 N–H and O–H groups in total. The van der Waals surface area contributed by atoms with Crippen molar-refractivity contribution in [2.24, 2.45) is 11.8 Å². The first-order chi connectivity index (χ1) is 7.93. The van der Waals surface area contributed by atoms with Crippen LogP contribution < -0.4 is 5.32 Å². The Bertz CT molecular complexity index is 431. The summed E-state index contributed by atoms with van der Waals surface area (Å²) in [6.07, 6.45) is 0.891. The maximum atomic E-state index is 13.2. The summed E-state index contributed by atoms with van der Waals surface area (Å²) >= 11 is 0. The van der Waals surface area contributed by atoms with Gasteiger partial charge in [0.1, 0.15) is 5.69 Å². The van der Waals surface area contributed by atoms with Crippen molar-refractivity contribution in [3.63, 3.8) is 0 Å². The van der Waals surface area contributed by atoms with Gasteiger partial charge in [0.2, 0.25) is 5.82 Å². The van der Waals surface area contributed by atoms with Crippen molar-refractivity contribution in [1.29, 1.82) is 0 Å². The van der Waals surface area contributed by atoms with Gasteiger partial charge in [-0.05, 0) is 18.3 Å². The molecule has 1 aliphatic rings. The molecular formula is C11H10F5N. The summed E-state index contributed by atoms with van der Waals surface area (Å²) in [5.74, 6) is -8.95. The molecule has 1 fully saturated rings. The van der Waals surface area contributed by atoms with E-state index in [1.165, 1.54) is 0 Å². The van der Waals surface area contributed by atoms with Gasteiger partial charge >= 0.3 is 0 Å². The summed E-state index contributed by atoms with van der Waals surface area (Å²) in [7, 11) is 0. The average molecular weight is 251 g/mol. The first kappa shape index (κ1) is 12.1. The highest BCUT2D eigenvalue weighted by atomic mass is 19.2. The highest BCUT2D eigenvalue weighted by Gasteiger charge is 2.33. The molecule has 0 bridgehead atoms. The van der Waals surface area contributed by atoms with Crippen LogP contribution in [0.4, 0.5) is 27.6 Å². The minimum absolute atomic E-state index is 0.208. The highest BCUT2D eigenvalue weighted by Crippen LogP contribution is 2.38. The lowest BCUT2D eigenvalue weighted by atomic mass is 10.2. The molecule has 0 heterocycles. The third-order valence-electron chi connectivity index (χ3n) is 3.03. The van der Waals surface area contributed by atoms with E-state index in [4.69, 9.17) is 0 Å². The Labute approximate surface area is 94.6 Å². The Balaban J connectivity index is 2.26. The Kier molecular flexibility index (Phi) is 2.97. The third-order valence-corrected chi connectivity index (χ3v) is 3.03. The van der Waals surface area contributed by atoms with E-state index in [-0.39, 0.29) is 12.5 Å². The van der Waals surface area contributed by atoms with Gasteiger partial charge in [0.05, 0.1) is 0 Å². The minimum atomic E-state index is -2.13. The molecule has 17 heavy (non-hydrogen) atoms. The van der Waals surface area contributed by atoms with E-state index < -0.39 is 34.8 Å². The second-order valence-corrected chi connectivity index (χ2v) is 4.30. The number of anilines is 1. The van der Waals surface area contributed by atoms with E-state index in [1.54, 1.807) is 0 Å². The molecule has 0 spiro atoms. The Morgan fingerprint density at radius 3 is 1.76 bits per heavy atom. The fourth-order valence-corrected chi connectivity index (χ4v) is 1.68. The zero-order chi connectivity index (χ0) is 12.7. The Hall–Kier alpha value is -1.33. The van der Waals surface area contributed by atoms with E-state index in [1.807, 2.05) is 6.92 Å². The molecule has 1 nitrogen and oxygen atoms in total. The van der Waals surface area contributed by atoms with Crippen LogP contribution in [0.3, 0.4) is 0 Å². The van der Waals surface area contributed by atoms with Gasteiger partial charge < -0.3 is 5.32 Å². The Morgan fingerprint density at radius 2 is 1.35 bits per heavy atom. The lowest BCUT2D eigenvalue weighted by Crippen LogP contribution is -2.12. The molecule has 1 aromatic carbocycles. The summed E-state index contributed by atoms with van der Waals surface area (Å²) < 4.78 is 64.7. The van der Waals surface area contributed by atoms with Crippen LogP contribution in [0, 0.1) is 40.9 Å². The summed E-state index contributed by atoms with van der Waals surface area (Å²) in [4.78, 5) is 0. The normalized spacial score (nSPS) is 22.7. The van der Waals surface area contributed by atoms with Gasteiger partial charge in [-0.2, -0.15) is 0 Å². The lowest BCUT2D eigenvalue weighted by molar-refractivity contribution is 0.381. The standard InChI is InChI=1S/C11H10F5N/c1-4-2-5(4)3-17-11-9(15)7(13)6(12)8(14)10(11)16/h4-5,17H,2-3H2,1H3. The maximum absolute atomic E-state index is 13.2. The van der Waals surface area contributed by atoms with Crippen molar-refractivity contribution >= 4 is 5.69 Å². The summed E-state index contributed by atoms with van der Waals surface area (Å²) in [6, 6.07) is 0. The molecule has 1 aliphatic carbocycles. The van der Waals surface area contributed by atoms with Crippen LogP contribution in [0.5, 0.6) is 0 Å². The van der Waals surface area contributed by atoms with E-state index in [0.717, 1.165) is 6.42 Å². The molecule has 0 amide bonds. The third kappa shape index (κ3) is 2.08. The smallest absolute Gasteiger partial charge is 0.200 e. The lowest BCUT2D eigenvalue weighted by Gasteiger charge is -2.10. The van der Waals surface area contributed by atoms with E-state index in [0.29, 0.717) is 5.92 Å². The molecule has 0 radical (unpaired) electrons. The number of halogens is 5. The zero-order valence-corrected chi connectivity index (χ0v) is 8.96. The van der Waals surface area contributed by atoms with Gasteiger partial charge in [-0.1, -0.05) is 6.92 Å². The van der Waals surface area contributed by atoms with E-state index in [2.05, 4.69) is 5.32 Å². The van der Waals surface area contributed by atoms with Crippen molar-refractivity contribution in [3.8, 4) is 0 Å². The van der Waals surface area contributed by atoms with Crippen molar-refractivity contribution in [3.05, 3.63) is 29.1 Å². The number of hydrogen-bond acceptors (Lipinski definition) is 1. The van der Waals surface area contributed by atoms with Gasteiger partial charge in [-0.3, -0.25) is 0 Å². The molecule has 0 aromatic heterocycles. The van der Waals surface area contributed by atoms with Crippen LogP contribution in [0.25, 0.3) is 0 Å². The largest absolute Gasteiger partial charge is 0.380 e. The monoisotopic (exact) mass is 251 g/mol. The summed E-state index contributed by atoms with van der Waals surface area (Å²) in [5, 5.41) is 2.29. The first-order valence-electron chi connectivity index (χ1n) is 5.18. The predicted octanol–water partition coefficient (Wildman–Crippen LogP) is 3.45. The zero-order valence-electron chi connectivity index (χ0n) is 8.96. The van der Waals surface area contributed by atoms with Gasteiger partial charge in [-0.25, -0.2) is 22.0 Å². The SMILES string of the molecule is CC1CC1CNc1c(F)c(F)c(F)c(F)c1F. The topological polar surface area (TPSA) is 12.0 Å². The van der Waals surface area contributed by atoms with Crippen molar-refractivity contribution in [1.82, 2.24) is 0 Å². The van der Waals surface area contributed by atoms with E-state index in [9.17, 15) is 22.0 Å². The first-order valence-corrected chi connectivity index (χ1v) is 5.18. The highest BCUT2D eigenvalue weighted by molar-refractivity contribution is 5.47. The van der Waals surface area contributed by atoms with Crippen molar-refractivity contribution < 1.29 is 22.0 Å².